The molecule has 0 aliphatic carbocycles. The molecule has 0 fully saturated rings. The molecular weight excluding hydrogens is 138 g/mol. The summed E-state index contributed by atoms with van der Waals surface area (Å²) in [7, 11) is 1.59. The van der Waals surface area contributed by atoms with Crippen LogP contribution in [-0.2, 0) is 4.74 Å². The normalized spacial score (nSPS) is 15.4. The fraction of sp³-hybridized carbons (Fsp3) is 0.111. The summed E-state index contributed by atoms with van der Waals surface area (Å²) < 4.78 is 6.68. The van der Waals surface area contributed by atoms with Gasteiger partial charge in [-0.1, -0.05) is 12.2 Å². The maximum Gasteiger partial charge on any atom is 0.174 e. The average Bonchev–Trinajstić information content (AvgIpc) is 2.04. The molecule has 2 heteroatoms. The van der Waals surface area contributed by atoms with Crippen LogP contribution >= 0.6 is 0 Å². The summed E-state index contributed by atoms with van der Waals surface area (Å²) in [6.07, 6.45) is 7.57. The lowest BCUT2D eigenvalue weighted by Crippen LogP contribution is -2.14. The van der Waals surface area contributed by atoms with Gasteiger partial charge < -0.3 is 4.74 Å². The van der Waals surface area contributed by atoms with Gasteiger partial charge in [0.1, 0.15) is 12.0 Å². The number of nitrogens with zero attached hydrogens (tertiary/aromatic N) is 1. The highest BCUT2D eigenvalue weighted by Gasteiger charge is 2.14. The zero-order chi connectivity index (χ0) is 8.27. The molecule has 0 atom stereocenters. The minimum absolute atomic E-state index is 0.626. The van der Waals surface area contributed by atoms with Crippen LogP contribution in [0.2, 0.25) is 0 Å². The number of rotatable bonds is 2. The molecule has 0 saturated carbocycles. The Morgan fingerprint density at radius 2 is 2.27 bits per heavy atom. The Balaban J connectivity index is 2.73. The zero-order valence-electron chi connectivity index (χ0n) is 6.58. The van der Waals surface area contributed by atoms with E-state index >= 15 is 0 Å². The number of allylic oxidation sites excluding steroid dienone is 2. The molecule has 0 aromatic rings. The SMILES string of the molecule is C=C(OC)[C-]1C=CC=C[N+]1=C. The molecule has 11 heavy (non-hydrogen) atoms. The van der Waals surface area contributed by atoms with Gasteiger partial charge >= 0.3 is 0 Å². The summed E-state index contributed by atoms with van der Waals surface area (Å²) in [6.45, 7) is 7.49. The maximum atomic E-state index is 4.96. The van der Waals surface area contributed by atoms with E-state index in [2.05, 4.69) is 13.3 Å². The Kier molecular flexibility index (Phi) is 2.16. The second-order valence-electron chi connectivity index (χ2n) is 2.18. The summed E-state index contributed by atoms with van der Waals surface area (Å²) >= 11 is 0. The van der Waals surface area contributed by atoms with E-state index in [4.69, 9.17) is 4.74 Å². The van der Waals surface area contributed by atoms with Crippen molar-refractivity contribution in [3.05, 3.63) is 42.8 Å². The van der Waals surface area contributed by atoms with Crippen LogP contribution in [0, 0.1) is 6.04 Å². The minimum Gasteiger partial charge on any atom is -0.506 e. The van der Waals surface area contributed by atoms with E-state index < -0.39 is 0 Å². The molecule has 1 aliphatic rings. The van der Waals surface area contributed by atoms with Crippen molar-refractivity contribution >= 4 is 6.72 Å². The van der Waals surface area contributed by atoms with Gasteiger partial charge in [-0.25, -0.2) is 0 Å². The van der Waals surface area contributed by atoms with Crippen molar-refractivity contribution in [2.24, 2.45) is 0 Å². The Morgan fingerprint density at radius 1 is 1.55 bits per heavy atom. The smallest absolute Gasteiger partial charge is 0.174 e. The Morgan fingerprint density at radius 3 is 2.82 bits per heavy atom. The summed E-state index contributed by atoms with van der Waals surface area (Å²) in [4.78, 5) is 0. The fourth-order valence-electron chi connectivity index (χ4n) is 0.834. The summed E-state index contributed by atoms with van der Waals surface area (Å²) in [5, 5.41) is 0. The van der Waals surface area contributed by atoms with E-state index in [1.807, 2.05) is 24.4 Å². The first-order valence-electron chi connectivity index (χ1n) is 3.30. The highest BCUT2D eigenvalue weighted by atomic mass is 16.5. The van der Waals surface area contributed by atoms with Crippen LogP contribution in [0.4, 0.5) is 0 Å². The lowest BCUT2D eigenvalue weighted by atomic mass is 10.2. The first kappa shape index (κ1) is 7.66. The second kappa shape index (κ2) is 3.10. The topological polar surface area (TPSA) is 12.2 Å². The molecule has 0 amide bonds. The second-order valence-corrected chi connectivity index (χ2v) is 2.18. The van der Waals surface area contributed by atoms with Crippen LogP contribution < -0.4 is 0 Å². The maximum absolute atomic E-state index is 4.96. The molecule has 1 heterocycles. The minimum atomic E-state index is 0.626. The van der Waals surface area contributed by atoms with Crippen LogP contribution in [0.1, 0.15) is 0 Å². The number of ether oxygens (including phenoxy) is 1. The van der Waals surface area contributed by atoms with Crippen molar-refractivity contribution in [2.75, 3.05) is 7.11 Å². The lowest BCUT2D eigenvalue weighted by molar-refractivity contribution is -0.422. The van der Waals surface area contributed by atoms with Gasteiger partial charge in [-0.3, -0.25) is 4.58 Å². The number of methoxy groups -OCH3 is 1. The summed E-state index contributed by atoms with van der Waals surface area (Å²) in [6, 6.07) is 0.884. The van der Waals surface area contributed by atoms with E-state index in [1.54, 1.807) is 11.7 Å². The molecule has 0 bridgehead atoms. The molecule has 0 aromatic carbocycles. The Hall–Kier alpha value is -1.44. The van der Waals surface area contributed by atoms with Crippen molar-refractivity contribution in [3.8, 4) is 0 Å². The van der Waals surface area contributed by atoms with E-state index in [-0.39, 0.29) is 0 Å². The molecule has 0 aromatic heterocycles. The van der Waals surface area contributed by atoms with Gasteiger partial charge in [0, 0.05) is 0 Å². The first-order chi connectivity index (χ1) is 5.25. The van der Waals surface area contributed by atoms with E-state index in [0.717, 1.165) is 6.04 Å². The highest BCUT2D eigenvalue weighted by molar-refractivity contribution is 5.30. The Bertz CT molecular complexity index is 238. The van der Waals surface area contributed by atoms with E-state index in [9.17, 15) is 0 Å². The number of hydrogen-bond acceptors (Lipinski definition) is 1. The largest absolute Gasteiger partial charge is 0.506 e. The molecule has 0 saturated heterocycles. The standard InChI is InChI=1S/C9H11NO/c1-8(11-3)9-6-4-5-7-10(9)2/h4-7H,1-2H2,3H3. The highest BCUT2D eigenvalue weighted by Crippen LogP contribution is 2.17. The van der Waals surface area contributed by atoms with Gasteiger partial charge in [-0.05, 0) is 0 Å². The molecule has 0 radical (unpaired) electrons. The molecule has 1 aliphatic heterocycles. The summed E-state index contributed by atoms with van der Waals surface area (Å²) in [5.41, 5.74) is 0. The van der Waals surface area contributed by atoms with Crippen LogP contribution in [-0.4, -0.2) is 18.4 Å². The third-order valence-electron chi connectivity index (χ3n) is 1.47. The quantitative estimate of drug-likeness (QED) is 0.329. The molecule has 0 spiro atoms. The fourth-order valence-corrected chi connectivity index (χ4v) is 0.834. The average molecular weight is 149 g/mol. The molecule has 1 rings (SSSR count). The van der Waals surface area contributed by atoms with Gasteiger partial charge in [0.05, 0.1) is 13.8 Å². The van der Waals surface area contributed by atoms with Crippen LogP contribution in [0.3, 0.4) is 0 Å². The van der Waals surface area contributed by atoms with Crippen LogP contribution in [0.15, 0.2) is 36.8 Å². The van der Waals surface area contributed by atoms with E-state index in [1.165, 1.54) is 0 Å². The van der Waals surface area contributed by atoms with Crippen molar-refractivity contribution in [1.29, 1.82) is 0 Å². The van der Waals surface area contributed by atoms with Crippen LogP contribution in [0.5, 0.6) is 0 Å². The molecular formula is C9H11NO. The lowest BCUT2D eigenvalue weighted by Gasteiger charge is -2.16. The van der Waals surface area contributed by atoms with Gasteiger partial charge in [0.15, 0.2) is 6.04 Å². The van der Waals surface area contributed by atoms with Crippen molar-refractivity contribution in [2.45, 2.75) is 0 Å². The monoisotopic (exact) mass is 149 g/mol. The predicted octanol–water partition coefficient (Wildman–Crippen LogP) is 1.48. The number of hydrogen-bond donors (Lipinski definition) is 0. The van der Waals surface area contributed by atoms with Crippen molar-refractivity contribution < 1.29 is 9.31 Å². The van der Waals surface area contributed by atoms with E-state index in [0.29, 0.717) is 5.76 Å². The third-order valence-corrected chi connectivity index (χ3v) is 1.47. The molecule has 0 N–H and O–H groups in total. The van der Waals surface area contributed by atoms with Gasteiger partial charge in [-0.2, -0.15) is 0 Å². The first-order valence-corrected chi connectivity index (χ1v) is 3.30. The predicted molar refractivity (Wildman–Crippen MR) is 45.1 cm³/mol. The van der Waals surface area contributed by atoms with Gasteiger partial charge in [0.2, 0.25) is 0 Å². The zero-order valence-corrected chi connectivity index (χ0v) is 6.58. The van der Waals surface area contributed by atoms with Crippen molar-refractivity contribution in [3.63, 3.8) is 0 Å². The molecule has 2 nitrogen and oxygen atoms in total. The summed E-state index contributed by atoms with van der Waals surface area (Å²) in [5.74, 6) is 0.626. The van der Waals surface area contributed by atoms with Gasteiger partial charge in [0.25, 0.3) is 0 Å². The van der Waals surface area contributed by atoms with Gasteiger partial charge in [-0.15, -0.1) is 12.7 Å². The Labute approximate surface area is 66.8 Å². The molecule has 58 valence electrons. The molecule has 0 unspecified atom stereocenters. The van der Waals surface area contributed by atoms with Crippen LogP contribution in [0.25, 0.3) is 0 Å². The van der Waals surface area contributed by atoms with Crippen molar-refractivity contribution in [1.82, 2.24) is 0 Å². The third kappa shape index (κ3) is 1.52.